The van der Waals surface area contributed by atoms with Crippen molar-refractivity contribution in [1.29, 1.82) is 0 Å². The third-order valence-corrected chi connectivity index (χ3v) is 4.62. The first-order valence-corrected chi connectivity index (χ1v) is 8.47. The molecule has 0 amide bonds. The van der Waals surface area contributed by atoms with E-state index < -0.39 is 0 Å². The molecule has 0 aliphatic heterocycles. The van der Waals surface area contributed by atoms with Gasteiger partial charge in [0.25, 0.3) is 0 Å². The fraction of sp³-hybridized carbons (Fsp3) is 0.368. The second-order valence-corrected chi connectivity index (χ2v) is 6.17. The topological polar surface area (TPSA) is 75.1 Å². The summed E-state index contributed by atoms with van der Waals surface area (Å²) in [5.41, 5.74) is 10.5. The summed E-state index contributed by atoms with van der Waals surface area (Å²) in [4.78, 5) is 15.7. The van der Waals surface area contributed by atoms with Crippen molar-refractivity contribution in [1.82, 2.24) is 14.1 Å². The first-order chi connectivity index (χ1) is 12.1. The van der Waals surface area contributed by atoms with Crippen molar-refractivity contribution < 1.29 is 9.53 Å². The van der Waals surface area contributed by atoms with Crippen LogP contribution in [0.3, 0.4) is 0 Å². The van der Waals surface area contributed by atoms with Gasteiger partial charge in [-0.15, -0.1) is 0 Å². The number of carbonyl (C=O) groups is 1. The van der Waals surface area contributed by atoms with E-state index in [2.05, 4.69) is 39.2 Å². The van der Waals surface area contributed by atoms with Gasteiger partial charge in [0.15, 0.2) is 0 Å². The molecule has 3 aromatic rings. The van der Waals surface area contributed by atoms with E-state index in [0.717, 1.165) is 24.2 Å². The van der Waals surface area contributed by atoms with Crippen LogP contribution in [-0.2, 0) is 29.0 Å². The highest BCUT2D eigenvalue weighted by Gasteiger charge is 2.16. The van der Waals surface area contributed by atoms with Crippen molar-refractivity contribution in [2.24, 2.45) is 5.73 Å². The molecule has 132 valence electrons. The number of hydrogen-bond donors (Lipinski definition) is 1. The zero-order valence-corrected chi connectivity index (χ0v) is 14.7. The minimum Gasteiger partial charge on any atom is -0.469 e. The summed E-state index contributed by atoms with van der Waals surface area (Å²) in [5.74, 6) is -0.197. The summed E-state index contributed by atoms with van der Waals surface area (Å²) in [7, 11) is 1.42. The van der Waals surface area contributed by atoms with Crippen LogP contribution in [0.5, 0.6) is 0 Å². The van der Waals surface area contributed by atoms with Crippen molar-refractivity contribution in [3.63, 3.8) is 0 Å². The summed E-state index contributed by atoms with van der Waals surface area (Å²) in [6.45, 7) is 4.09. The van der Waals surface area contributed by atoms with E-state index in [-0.39, 0.29) is 5.97 Å². The highest BCUT2D eigenvalue weighted by Crippen LogP contribution is 2.28. The molecule has 3 rings (SSSR count). The van der Waals surface area contributed by atoms with E-state index in [0.29, 0.717) is 19.5 Å². The van der Waals surface area contributed by atoms with E-state index in [1.165, 1.54) is 23.6 Å². The van der Waals surface area contributed by atoms with Crippen molar-refractivity contribution in [3.8, 4) is 0 Å². The SMILES string of the molecule is COC(=O)CCn1c(C)c(Cn2ccnc2)c2cc(CCN)ccc21. The predicted octanol–water partition coefficient (Wildman–Crippen LogP) is 2.26. The number of nitrogens with two attached hydrogens (primary N) is 1. The minimum atomic E-state index is -0.197. The third-order valence-electron chi connectivity index (χ3n) is 4.62. The van der Waals surface area contributed by atoms with Gasteiger partial charge in [-0.25, -0.2) is 4.98 Å². The quantitative estimate of drug-likeness (QED) is 0.670. The van der Waals surface area contributed by atoms with Crippen LogP contribution < -0.4 is 5.73 Å². The summed E-state index contributed by atoms with van der Waals surface area (Å²) in [6, 6.07) is 6.46. The van der Waals surface area contributed by atoms with Gasteiger partial charge < -0.3 is 19.6 Å². The van der Waals surface area contributed by atoms with Crippen LogP contribution in [0.2, 0.25) is 0 Å². The Morgan fingerprint density at radius 2 is 2.20 bits per heavy atom. The van der Waals surface area contributed by atoms with E-state index in [1.807, 2.05) is 12.5 Å². The zero-order valence-electron chi connectivity index (χ0n) is 14.7. The lowest BCUT2D eigenvalue weighted by Gasteiger charge is -2.08. The number of methoxy groups -OCH3 is 1. The molecule has 2 aromatic heterocycles. The van der Waals surface area contributed by atoms with E-state index in [1.54, 1.807) is 6.20 Å². The number of benzene rings is 1. The number of aromatic nitrogens is 3. The van der Waals surface area contributed by atoms with Crippen LogP contribution in [0.25, 0.3) is 10.9 Å². The van der Waals surface area contributed by atoms with Crippen LogP contribution in [-0.4, -0.2) is 33.7 Å². The number of ether oxygens (including phenoxy) is 1. The van der Waals surface area contributed by atoms with Gasteiger partial charge in [0, 0.05) is 41.1 Å². The average molecular weight is 340 g/mol. The molecule has 0 aliphatic rings. The molecule has 6 nitrogen and oxygen atoms in total. The molecule has 25 heavy (non-hydrogen) atoms. The number of rotatable bonds is 7. The Balaban J connectivity index is 2.05. The van der Waals surface area contributed by atoms with Crippen molar-refractivity contribution >= 4 is 16.9 Å². The second-order valence-electron chi connectivity index (χ2n) is 6.17. The molecule has 0 saturated carbocycles. The number of aryl methyl sites for hydroxylation is 1. The van der Waals surface area contributed by atoms with Crippen molar-refractivity contribution in [2.45, 2.75) is 32.9 Å². The van der Waals surface area contributed by atoms with Gasteiger partial charge in [0.1, 0.15) is 0 Å². The van der Waals surface area contributed by atoms with E-state index in [4.69, 9.17) is 10.5 Å². The molecule has 2 N–H and O–H groups in total. The largest absolute Gasteiger partial charge is 0.469 e. The Morgan fingerprint density at radius 1 is 1.36 bits per heavy atom. The molecule has 0 atom stereocenters. The molecule has 0 radical (unpaired) electrons. The molecular weight excluding hydrogens is 316 g/mol. The molecule has 0 saturated heterocycles. The maximum absolute atomic E-state index is 11.6. The van der Waals surface area contributed by atoms with Gasteiger partial charge in [0.05, 0.1) is 26.4 Å². The monoisotopic (exact) mass is 340 g/mol. The average Bonchev–Trinajstić information content (AvgIpc) is 3.21. The smallest absolute Gasteiger partial charge is 0.307 e. The predicted molar refractivity (Wildman–Crippen MR) is 97.4 cm³/mol. The molecule has 0 aliphatic carbocycles. The van der Waals surface area contributed by atoms with Crippen LogP contribution in [0.4, 0.5) is 0 Å². The zero-order chi connectivity index (χ0) is 17.8. The summed E-state index contributed by atoms with van der Waals surface area (Å²) < 4.78 is 9.05. The Kier molecular flexibility index (Phi) is 5.19. The maximum Gasteiger partial charge on any atom is 0.307 e. The van der Waals surface area contributed by atoms with Gasteiger partial charge in [0.2, 0.25) is 0 Å². The lowest BCUT2D eigenvalue weighted by atomic mass is 10.1. The third kappa shape index (κ3) is 3.58. The maximum atomic E-state index is 11.6. The van der Waals surface area contributed by atoms with Crippen LogP contribution in [0, 0.1) is 6.92 Å². The molecule has 0 fully saturated rings. The fourth-order valence-electron chi connectivity index (χ4n) is 3.28. The van der Waals surface area contributed by atoms with Crippen molar-refractivity contribution in [2.75, 3.05) is 13.7 Å². The second kappa shape index (κ2) is 7.53. The number of esters is 1. The van der Waals surface area contributed by atoms with Crippen LogP contribution in [0.1, 0.15) is 23.2 Å². The van der Waals surface area contributed by atoms with Gasteiger partial charge >= 0.3 is 5.97 Å². The molecule has 2 heterocycles. The normalized spacial score (nSPS) is 11.2. The number of fused-ring (bicyclic) bond motifs is 1. The van der Waals surface area contributed by atoms with E-state index >= 15 is 0 Å². The minimum absolute atomic E-state index is 0.197. The number of nitrogens with zero attached hydrogens (tertiary/aromatic N) is 3. The molecular formula is C19H24N4O2. The van der Waals surface area contributed by atoms with Gasteiger partial charge in [-0.05, 0) is 37.6 Å². The molecule has 0 bridgehead atoms. The van der Waals surface area contributed by atoms with Gasteiger partial charge in [-0.2, -0.15) is 0 Å². The number of hydrogen-bond acceptors (Lipinski definition) is 4. The summed E-state index contributed by atoms with van der Waals surface area (Å²) in [5, 5.41) is 1.21. The highest BCUT2D eigenvalue weighted by molar-refractivity contribution is 5.86. The molecule has 0 unspecified atom stereocenters. The first-order valence-electron chi connectivity index (χ1n) is 8.47. The first kappa shape index (κ1) is 17.2. The Hall–Kier alpha value is -2.60. The van der Waals surface area contributed by atoms with Crippen molar-refractivity contribution in [3.05, 3.63) is 53.7 Å². The lowest BCUT2D eigenvalue weighted by molar-refractivity contribution is -0.140. The molecule has 6 heteroatoms. The molecule has 1 aromatic carbocycles. The highest BCUT2D eigenvalue weighted by atomic mass is 16.5. The Labute approximate surface area is 147 Å². The Bertz CT molecular complexity index is 865. The van der Waals surface area contributed by atoms with Gasteiger partial charge in [-0.3, -0.25) is 4.79 Å². The lowest BCUT2D eigenvalue weighted by Crippen LogP contribution is -2.08. The Morgan fingerprint density at radius 3 is 2.88 bits per heavy atom. The fourth-order valence-corrected chi connectivity index (χ4v) is 3.28. The molecule has 0 spiro atoms. The summed E-state index contributed by atoms with van der Waals surface area (Å²) >= 11 is 0. The van der Waals surface area contributed by atoms with Gasteiger partial charge in [-0.1, -0.05) is 6.07 Å². The number of carbonyl (C=O) groups excluding carboxylic acids is 1. The van der Waals surface area contributed by atoms with Crippen LogP contribution in [0.15, 0.2) is 36.9 Å². The standard InChI is InChI=1S/C19H24N4O2/c1-14-17(12-22-10-8-21-13-22)16-11-15(5-7-20)3-4-18(16)23(14)9-6-19(24)25-2/h3-4,8,10-11,13H,5-7,9,12,20H2,1-2H3. The number of imidazole rings is 1. The van der Waals surface area contributed by atoms with E-state index in [9.17, 15) is 4.79 Å². The summed E-state index contributed by atoms with van der Waals surface area (Å²) in [6.07, 6.45) is 6.77. The van der Waals surface area contributed by atoms with Crippen LogP contribution >= 0.6 is 0 Å².